The molecule has 168 valence electrons. The van der Waals surface area contributed by atoms with Crippen LogP contribution in [0.15, 0.2) is 18.5 Å². The van der Waals surface area contributed by atoms with Gasteiger partial charge in [-0.3, -0.25) is 0 Å². The third-order valence-electron chi connectivity index (χ3n) is 4.41. The van der Waals surface area contributed by atoms with Gasteiger partial charge in [0.2, 0.25) is 0 Å². The molecule has 1 atom stereocenters. The Bertz CT molecular complexity index is 1060. The third kappa shape index (κ3) is 4.96. The van der Waals surface area contributed by atoms with Crippen molar-refractivity contribution in [3.05, 3.63) is 35.2 Å². The first-order valence-corrected chi connectivity index (χ1v) is 9.47. The molecule has 1 aromatic carbocycles. The number of fused-ring (bicyclic) bond motifs is 1. The Morgan fingerprint density at radius 2 is 1.81 bits per heavy atom. The van der Waals surface area contributed by atoms with Crippen molar-refractivity contribution in [2.24, 2.45) is 0 Å². The maximum atomic E-state index is 15.0. The molecule has 0 aliphatic rings. The van der Waals surface area contributed by atoms with Gasteiger partial charge in [-0.05, 0) is 33.2 Å². The second-order valence-electron chi connectivity index (χ2n) is 7.05. The fourth-order valence-corrected chi connectivity index (χ4v) is 3.06. The molecule has 0 aliphatic carbocycles. The third-order valence-corrected chi connectivity index (χ3v) is 4.68. The number of rotatable bonds is 7. The number of likely N-dealkylation sites (N-methyl/N-ethyl adjacent to an activating group) is 1. The monoisotopic (exact) mass is 463 g/mol. The molecule has 0 bridgehead atoms. The molecule has 0 radical (unpaired) electrons. The average Bonchev–Trinajstić information content (AvgIpc) is 3.10. The highest BCUT2D eigenvalue weighted by Crippen LogP contribution is 2.39. The molecular formula is C18H19ClF5N7. The summed E-state index contributed by atoms with van der Waals surface area (Å²) in [7, 11) is 3.69. The minimum absolute atomic E-state index is 0.131. The van der Waals surface area contributed by atoms with Gasteiger partial charge in [0.05, 0.1) is 11.1 Å². The van der Waals surface area contributed by atoms with E-state index in [1.807, 2.05) is 19.0 Å². The highest BCUT2D eigenvalue weighted by atomic mass is 35.5. The maximum absolute atomic E-state index is 15.0. The Morgan fingerprint density at radius 1 is 1.16 bits per heavy atom. The predicted molar refractivity (Wildman–Crippen MR) is 107 cm³/mol. The summed E-state index contributed by atoms with van der Waals surface area (Å²) in [5.74, 6) is -2.58. The van der Waals surface area contributed by atoms with Crippen molar-refractivity contribution in [3.63, 3.8) is 0 Å². The smallest absolute Gasteiger partial charge is 0.384 e. The highest BCUT2D eigenvalue weighted by Gasteiger charge is 2.37. The SMILES string of the molecule is CC(Nc1c(-c2c(F)cc(NCCN(C)C)cc2F)c(Cl)nc2ncnn12)C(F)(F)F. The van der Waals surface area contributed by atoms with Crippen LogP contribution in [-0.2, 0) is 0 Å². The molecule has 3 aromatic rings. The van der Waals surface area contributed by atoms with Crippen LogP contribution in [0, 0.1) is 11.6 Å². The van der Waals surface area contributed by atoms with E-state index in [1.54, 1.807) is 0 Å². The van der Waals surface area contributed by atoms with Gasteiger partial charge < -0.3 is 15.5 Å². The van der Waals surface area contributed by atoms with Crippen molar-refractivity contribution in [1.82, 2.24) is 24.5 Å². The number of benzene rings is 1. The van der Waals surface area contributed by atoms with Gasteiger partial charge in [-0.15, -0.1) is 0 Å². The first-order chi connectivity index (χ1) is 14.5. The fourth-order valence-electron chi connectivity index (χ4n) is 2.80. The number of halogens is 6. The molecule has 0 amide bonds. The average molecular weight is 464 g/mol. The summed E-state index contributed by atoms with van der Waals surface area (Å²) in [5.41, 5.74) is -0.861. The summed E-state index contributed by atoms with van der Waals surface area (Å²) in [5, 5.41) is 8.45. The number of aromatic nitrogens is 4. The summed E-state index contributed by atoms with van der Waals surface area (Å²) >= 11 is 6.13. The Balaban J connectivity index is 2.12. The second kappa shape index (κ2) is 8.79. The molecule has 2 N–H and O–H groups in total. The van der Waals surface area contributed by atoms with E-state index in [9.17, 15) is 22.0 Å². The van der Waals surface area contributed by atoms with Crippen molar-refractivity contribution >= 4 is 28.9 Å². The normalized spacial score (nSPS) is 13.1. The predicted octanol–water partition coefficient (Wildman–Crippen LogP) is 4.06. The summed E-state index contributed by atoms with van der Waals surface area (Å²) in [6.45, 7) is 1.90. The lowest BCUT2D eigenvalue weighted by atomic mass is 10.0. The molecule has 1 unspecified atom stereocenters. The van der Waals surface area contributed by atoms with Crippen LogP contribution in [0.25, 0.3) is 16.9 Å². The Labute approximate surface area is 179 Å². The fraction of sp³-hybridized carbons (Fsp3) is 0.389. The maximum Gasteiger partial charge on any atom is 0.408 e. The lowest BCUT2D eigenvalue weighted by Gasteiger charge is -2.22. The molecule has 0 saturated heterocycles. The minimum atomic E-state index is -4.64. The molecule has 0 saturated carbocycles. The lowest BCUT2D eigenvalue weighted by Crippen LogP contribution is -2.34. The van der Waals surface area contributed by atoms with E-state index >= 15 is 0 Å². The van der Waals surface area contributed by atoms with Gasteiger partial charge in [-0.2, -0.15) is 32.8 Å². The molecule has 13 heteroatoms. The van der Waals surface area contributed by atoms with Gasteiger partial charge in [0, 0.05) is 18.8 Å². The van der Waals surface area contributed by atoms with E-state index in [-0.39, 0.29) is 17.3 Å². The largest absolute Gasteiger partial charge is 0.408 e. The Hall–Kier alpha value is -2.73. The van der Waals surface area contributed by atoms with Crippen LogP contribution < -0.4 is 10.6 Å². The van der Waals surface area contributed by atoms with Gasteiger partial charge in [0.25, 0.3) is 5.78 Å². The van der Waals surface area contributed by atoms with E-state index < -0.39 is 40.1 Å². The van der Waals surface area contributed by atoms with Gasteiger partial charge in [-0.1, -0.05) is 11.6 Å². The Morgan fingerprint density at radius 3 is 2.39 bits per heavy atom. The van der Waals surface area contributed by atoms with Crippen LogP contribution in [-0.4, -0.2) is 63.9 Å². The van der Waals surface area contributed by atoms with Gasteiger partial charge in [0.1, 0.15) is 35.0 Å². The summed E-state index contributed by atoms with van der Waals surface area (Å²) in [4.78, 5) is 9.56. The molecule has 2 heterocycles. The number of hydrogen-bond donors (Lipinski definition) is 2. The van der Waals surface area contributed by atoms with E-state index in [2.05, 4.69) is 25.7 Å². The van der Waals surface area contributed by atoms with E-state index in [1.165, 1.54) is 0 Å². The van der Waals surface area contributed by atoms with Crippen molar-refractivity contribution in [2.75, 3.05) is 37.8 Å². The summed E-state index contributed by atoms with van der Waals surface area (Å²) in [6.07, 6.45) is -3.60. The number of anilines is 2. The topological polar surface area (TPSA) is 70.4 Å². The molecule has 7 nitrogen and oxygen atoms in total. The lowest BCUT2D eigenvalue weighted by molar-refractivity contribution is -0.138. The first-order valence-electron chi connectivity index (χ1n) is 9.09. The van der Waals surface area contributed by atoms with E-state index in [0.29, 0.717) is 13.1 Å². The molecule has 0 fully saturated rings. The van der Waals surface area contributed by atoms with Crippen LogP contribution in [0.3, 0.4) is 0 Å². The van der Waals surface area contributed by atoms with Crippen LogP contribution >= 0.6 is 11.6 Å². The Kier molecular flexibility index (Phi) is 6.51. The zero-order valence-corrected chi connectivity index (χ0v) is 17.5. The van der Waals surface area contributed by atoms with Crippen LogP contribution in [0.2, 0.25) is 5.15 Å². The van der Waals surface area contributed by atoms with E-state index in [4.69, 9.17) is 11.6 Å². The minimum Gasteiger partial charge on any atom is -0.384 e. The summed E-state index contributed by atoms with van der Waals surface area (Å²) in [6, 6.07) is -0.00462. The van der Waals surface area contributed by atoms with Crippen molar-refractivity contribution < 1.29 is 22.0 Å². The second-order valence-corrected chi connectivity index (χ2v) is 7.41. The van der Waals surface area contributed by atoms with E-state index in [0.717, 1.165) is 29.9 Å². The molecule has 2 aromatic heterocycles. The molecule has 0 aliphatic heterocycles. The van der Waals surface area contributed by atoms with Gasteiger partial charge in [-0.25, -0.2) is 8.78 Å². The van der Waals surface area contributed by atoms with Gasteiger partial charge >= 0.3 is 6.18 Å². The van der Waals surface area contributed by atoms with Crippen molar-refractivity contribution in [2.45, 2.75) is 19.1 Å². The van der Waals surface area contributed by atoms with Crippen LogP contribution in [0.1, 0.15) is 6.92 Å². The van der Waals surface area contributed by atoms with Crippen molar-refractivity contribution in [1.29, 1.82) is 0 Å². The van der Waals surface area contributed by atoms with Gasteiger partial charge in [0.15, 0.2) is 0 Å². The first kappa shape index (κ1) is 22.9. The zero-order valence-electron chi connectivity index (χ0n) is 16.7. The molecule has 0 spiro atoms. The van der Waals surface area contributed by atoms with Crippen molar-refractivity contribution in [3.8, 4) is 11.1 Å². The number of hydrogen-bond acceptors (Lipinski definition) is 6. The van der Waals surface area contributed by atoms with Crippen LogP contribution in [0.4, 0.5) is 33.5 Å². The molecule has 31 heavy (non-hydrogen) atoms. The van der Waals surface area contributed by atoms with Crippen LogP contribution in [0.5, 0.6) is 0 Å². The molecule has 3 rings (SSSR count). The highest BCUT2D eigenvalue weighted by molar-refractivity contribution is 6.33. The molecular weight excluding hydrogens is 445 g/mol. The number of nitrogens with one attached hydrogen (secondary N) is 2. The summed E-state index contributed by atoms with van der Waals surface area (Å²) < 4.78 is 70.3. The quantitative estimate of drug-likeness (QED) is 0.407. The standard InChI is InChI=1S/C18H19ClF5N7/c1-9(18(22,23)24)28-16-14(15(19)29-17-26-8-27-31(16)17)13-11(20)6-10(7-12(13)21)25-4-5-30(2)3/h6-9,25,28H,4-5H2,1-3H3. The zero-order chi connectivity index (χ0) is 22.9. The number of alkyl halides is 3. The number of nitrogens with zero attached hydrogens (tertiary/aromatic N) is 5.